The van der Waals surface area contributed by atoms with Crippen LogP contribution in [-0.2, 0) is 14.6 Å². The van der Waals surface area contributed by atoms with E-state index < -0.39 is 8.32 Å². The Kier molecular flexibility index (Phi) is 12.5. The number of rotatable bonds is 14. The van der Waals surface area contributed by atoms with Crippen LogP contribution in [0.4, 0.5) is 5.69 Å². The maximum Gasteiger partial charge on any atom is 0.338 e. The van der Waals surface area contributed by atoms with E-state index in [1.807, 2.05) is 31.2 Å². The summed E-state index contributed by atoms with van der Waals surface area (Å²) in [4.78, 5) is 14.6. The fourth-order valence-electron chi connectivity index (χ4n) is 5.15. The van der Waals surface area contributed by atoms with E-state index >= 15 is 0 Å². The molecule has 0 bridgehead atoms. The van der Waals surface area contributed by atoms with Gasteiger partial charge in [-0.3, -0.25) is 0 Å². The Balaban J connectivity index is 1.95. The first-order valence-electron chi connectivity index (χ1n) is 16.7. The number of esters is 1. The highest BCUT2D eigenvalue weighted by molar-refractivity contribution is 6.74. The smallest absolute Gasteiger partial charge is 0.338 e. The molecule has 3 aromatic rings. The zero-order valence-electron chi connectivity index (χ0n) is 29.8. The number of hydrogen-bond donors (Lipinski definition) is 0. The van der Waals surface area contributed by atoms with Crippen molar-refractivity contribution in [2.24, 2.45) is 0 Å². The molecule has 0 fully saturated rings. The van der Waals surface area contributed by atoms with Crippen LogP contribution >= 0.6 is 0 Å². The highest BCUT2D eigenvalue weighted by atomic mass is 28.4. The zero-order chi connectivity index (χ0) is 33.4. The van der Waals surface area contributed by atoms with Gasteiger partial charge in [-0.2, -0.15) is 0 Å². The Morgan fingerprint density at radius 2 is 1.36 bits per heavy atom. The molecule has 0 aliphatic rings. The lowest BCUT2D eigenvalue weighted by Gasteiger charge is -2.36. The Bertz CT molecular complexity index is 1400. The molecule has 0 atom stereocenters. The summed E-state index contributed by atoms with van der Waals surface area (Å²) in [7, 11) is -1.74. The minimum absolute atomic E-state index is 0.0281. The molecule has 3 rings (SSSR count). The van der Waals surface area contributed by atoms with Crippen molar-refractivity contribution in [3.05, 3.63) is 71.8 Å². The Morgan fingerprint density at radius 1 is 0.756 bits per heavy atom. The first-order chi connectivity index (χ1) is 21.1. The molecule has 0 aromatic heterocycles. The summed E-state index contributed by atoms with van der Waals surface area (Å²) < 4.78 is 18.0. The van der Waals surface area contributed by atoms with Crippen LogP contribution in [-0.4, -0.2) is 47.2 Å². The normalized spacial score (nSPS) is 12.2. The van der Waals surface area contributed by atoms with Crippen molar-refractivity contribution in [3.8, 4) is 28.0 Å². The van der Waals surface area contributed by atoms with Crippen molar-refractivity contribution in [3.63, 3.8) is 0 Å². The van der Waals surface area contributed by atoms with Crippen LogP contribution < -0.4 is 9.64 Å². The van der Waals surface area contributed by atoms with E-state index in [2.05, 4.69) is 110 Å². The number of benzene rings is 3. The molecule has 0 heterocycles. The summed E-state index contributed by atoms with van der Waals surface area (Å²) in [5.74, 6) is 0.578. The van der Waals surface area contributed by atoms with Crippen molar-refractivity contribution in [2.75, 3.05) is 37.8 Å². The topological polar surface area (TPSA) is 48.0 Å². The van der Waals surface area contributed by atoms with Crippen LogP contribution in [0, 0.1) is 0 Å². The average Bonchev–Trinajstić information content (AvgIpc) is 2.99. The monoisotopic (exact) mass is 631 g/mol. The maximum atomic E-state index is 12.2. The summed E-state index contributed by atoms with van der Waals surface area (Å²) in [5, 5.41) is 0.214. The third-order valence-electron chi connectivity index (χ3n) is 8.99. The first-order valence-corrected chi connectivity index (χ1v) is 19.6. The van der Waals surface area contributed by atoms with Crippen LogP contribution in [0.15, 0.2) is 60.7 Å². The van der Waals surface area contributed by atoms with Gasteiger partial charge in [0.1, 0.15) is 5.75 Å². The van der Waals surface area contributed by atoms with Gasteiger partial charge in [0.15, 0.2) is 8.32 Å². The van der Waals surface area contributed by atoms with Crippen LogP contribution in [0.1, 0.15) is 91.1 Å². The summed E-state index contributed by atoms with van der Waals surface area (Å²) in [5.41, 5.74) is 7.44. The lowest BCUT2D eigenvalue weighted by atomic mass is 9.83. The Hall–Kier alpha value is -3.09. The van der Waals surface area contributed by atoms with E-state index in [-0.39, 0.29) is 16.4 Å². The largest absolute Gasteiger partial charge is 0.493 e. The predicted octanol–water partition coefficient (Wildman–Crippen LogP) is 10.5. The summed E-state index contributed by atoms with van der Waals surface area (Å²) >= 11 is 0. The van der Waals surface area contributed by atoms with Gasteiger partial charge in [0.25, 0.3) is 0 Å². The van der Waals surface area contributed by atoms with E-state index in [0.29, 0.717) is 18.8 Å². The second-order valence-corrected chi connectivity index (χ2v) is 19.1. The molecule has 0 aliphatic heterocycles. The molecule has 0 saturated carbocycles. The molecule has 0 radical (unpaired) electrons. The molecule has 0 amide bonds. The van der Waals surface area contributed by atoms with Crippen molar-refractivity contribution >= 4 is 20.0 Å². The Labute approximate surface area is 274 Å². The average molecular weight is 632 g/mol. The van der Waals surface area contributed by atoms with E-state index in [0.717, 1.165) is 60.5 Å². The molecule has 45 heavy (non-hydrogen) atoms. The van der Waals surface area contributed by atoms with Gasteiger partial charge in [-0.15, -0.1) is 0 Å². The second-order valence-electron chi connectivity index (χ2n) is 14.3. The van der Waals surface area contributed by atoms with Gasteiger partial charge < -0.3 is 18.8 Å². The zero-order valence-corrected chi connectivity index (χ0v) is 30.8. The molecule has 5 nitrogen and oxygen atoms in total. The van der Waals surface area contributed by atoms with Gasteiger partial charge >= 0.3 is 5.97 Å². The fourth-order valence-corrected chi connectivity index (χ4v) is 6.24. The molecule has 246 valence electrons. The summed E-state index contributed by atoms with van der Waals surface area (Å²) in [6.45, 7) is 28.2. The number of carbonyl (C=O) groups is 1. The number of carbonyl (C=O) groups excluding carboxylic acids is 1. The van der Waals surface area contributed by atoms with Gasteiger partial charge in [-0.1, -0.05) is 65.8 Å². The summed E-state index contributed by atoms with van der Waals surface area (Å²) in [6.07, 6.45) is 1.90. The minimum Gasteiger partial charge on any atom is -0.493 e. The SMILES string of the molecule is CCOC(=O)c1ccc(-c2ccc(OCCCCO[Si](C)(C)C(C)(C)C)c(-c3ccc(N(CC)CC)c(C(C)(C)C)c3)c2)cc1. The van der Waals surface area contributed by atoms with E-state index in [1.54, 1.807) is 0 Å². The molecule has 6 heteroatoms. The van der Waals surface area contributed by atoms with Gasteiger partial charge in [-0.25, -0.2) is 4.79 Å². The number of hydrogen-bond acceptors (Lipinski definition) is 5. The fraction of sp³-hybridized carbons (Fsp3) is 0.513. The van der Waals surface area contributed by atoms with Gasteiger partial charge in [-0.05, 0) is 116 Å². The van der Waals surface area contributed by atoms with Crippen molar-refractivity contribution in [1.82, 2.24) is 0 Å². The Morgan fingerprint density at radius 3 is 1.93 bits per heavy atom. The van der Waals surface area contributed by atoms with Crippen molar-refractivity contribution < 1.29 is 18.7 Å². The number of ether oxygens (including phenoxy) is 2. The first kappa shape index (κ1) is 36.4. The van der Waals surface area contributed by atoms with E-state index in [1.165, 1.54) is 11.3 Å². The van der Waals surface area contributed by atoms with E-state index in [4.69, 9.17) is 13.9 Å². The highest BCUT2D eigenvalue weighted by Gasteiger charge is 2.36. The molecule has 0 aliphatic carbocycles. The predicted molar refractivity (Wildman–Crippen MR) is 193 cm³/mol. The molecule has 0 saturated heterocycles. The molecular formula is C39H57NO4Si. The molecule has 0 N–H and O–H groups in total. The molecule has 0 unspecified atom stereocenters. The standard InChI is InChI=1S/C39H57NO4Si/c1-12-40(13-2)35-23-21-32(28-34(35)38(4,5)6)33-27-31(29-17-19-30(20-18-29)37(41)42-14-3)22-24-36(33)43-25-15-16-26-44-45(10,11)39(7,8)9/h17-24,27-28H,12-16,25-26H2,1-11H3. The van der Waals surface area contributed by atoms with Gasteiger partial charge in [0.05, 0.1) is 18.8 Å². The summed E-state index contributed by atoms with van der Waals surface area (Å²) in [6, 6.07) is 20.9. The highest BCUT2D eigenvalue weighted by Crippen LogP contribution is 2.40. The molecule has 0 spiro atoms. The van der Waals surface area contributed by atoms with Gasteiger partial charge in [0, 0.05) is 30.9 Å². The number of unbranched alkanes of at least 4 members (excludes halogenated alkanes) is 1. The molecule has 3 aromatic carbocycles. The lowest BCUT2D eigenvalue weighted by Crippen LogP contribution is -2.41. The molecular weight excluding hydrogens is 575 g/mol. The van der Waals surface area contributed by atoms with Crippen LogP contribution in [0.2, 0.25) is 18.1 Å². The van der Waals surface area contributed by atoms with Crippen LogP contribution in [0.3, 0.4) is 0 Å². The van der Waals surface area contributed by atoms with Crippen LogP contribution in [0.25, 0.3) is 22.3 Å². The number of anilines is 1. The maximum absolute atomic E-state index is 12.2. The quantitative estimate of drug-likeness (QED) is 0.101. The lowest BCUT2D eigenvalue weighted by molar-refractivity contribution is 0.0526. The van der Waals surface area contributed by atoms with Crippen LogP contribution in [0.5, 0.6) is 5.75 Å². The minimum atomic E-state index is -1.74. The third-order valence-corrected chi connectivity index (χ3v) is 13.5. The number of nitrogens with zero attached hydrogens (tertiary/aromatic N) is 1. The third kappa shape index (κ3) is 9.46. The van der Waals surface area contributed by atoms with Crippen molar-refractivity contribution in [2.45, 2.75) is 98.7 Å². The van der Waals surface area contributed by atoms with E-state index in [9.17, 15) is 4.79 Å². The van der Waals surface area contributed by atoms with Crippen molar-refractivity contribution in [1.29, 1.82) is 0 Å². The van der Waals surface area contributed by atoms with Gasteiger partial charge in [0.2, 0.25) is 0 Å². The second kappa shape index (κ2) is 15.5.